The van der Waals surface area contributed by atoms with Gasteiger partial charge in [0.25, 0.3) is 0 Å². The SMILES string of the molecule is C=CCC1(C(=O)N2CCc3ccc(C(C)=O)cc3CC2)CCC1. The number of hydrogen-bond donors (Lipinski definition) is 0. The topological polar surface area (TPSA) is 37.4 Å². The minimum absolute atomic E-state index is 0.101. The van der Waals surface area contributed by atoms with Crippen LogP contribution < -0.4 is 0 Å². The molecule has 1 fully saturated rings. The molecule has 0 atom stereocenters. The van der Waals surface area contributed by atoms with Gasteiger partial charge in [-0.15, -0.1) is 6.58 Å². The van der Waals surface area contributed by atoms with E-state index >= 15 is 0 Å². The number of fused-ring (bicyclic) bond motifs is 1. The molecule has 1 aromatic rings. The standard InChI is InChI=1S/C20H25NO2/c1-3-9-20(10-4-11-20)19(23)21-12-7-16-5-6-17(15(2)22)14-18(16)8-13-21/h3,5-6,14H,1,4,7-13H2,2H3. The van der Waals surface area contributed by atoms with Gasteiger partial charge in [-0.1, -0.05) is 24.6 Å². The molecule has 0 radical (unpaired) electrons. The van der Waals surface area contributed by atoms with Crippen molar-refractivity contribution < 1.29 is 9.59 Å². The molecule has 2 aliphatic rings. The van der Waals surface area contributed by atoms with E-state index < -0.39 is 0 Å². The lowest BCUT2D eigenvalue weighted by Crippen LogP contribution is -2.48. The number of amides is 1. The van der Waals surface area contributed by atoms with Crippen molar-refractivity contribution in [1.29, 1.82) is 0 Å². The highest BCUT2D eigenvalue weighted by Gasteiger charge is 2.45. The summed E-state index contributed by atoms with van der Waals surface area (Å²) in [5.74, 6) is 0.410. The Hall–Kier alpha value is -1.90. The number of rotatable bonds is 4. The minimum atomic E-state index is -0.178. The van der Waals surface area contributed by atoms with Crippen LogP contribution in [-0.4, -0.2) is 29.7 Å². The Balaban J connectivity index is 1.75. The Morgan fingerprint density at radius 1 is 1.22 bits per heavy atom. The van der Waals surface area contributed by atoms with Crippen molar-refractivity contribution in [2.24, 2.45) is 5.41 Å². The number of ketones is 1. The number of hydrogen-bond acceptors (Lipinski definition) is 2. The van der Waals surface area contributed by atoms with E-state index in [4.69, 9.17) is 0 Å². The Morgan fingerprint density at radius 2 is 1.91 bits per heavy atom. The van der Waals surface area contributed by atoms with Gasteiger partial charge in [0.15, 0.2) is 5.78 Å². The summed E-state index contributed by atoms with van der Waals surface area (Å²) in [7, 11) is 0. The molecular formula is C20H25NO2. The molecule has 122 valence electrons. The Bertz CT molecular complexity index is 643. The quantitative estimate of drug-likeness (QED) is 0.630. The summed E-state index contributed by atoms with van der Waals surface area (Å²) in [6, 6.07) is 5.97. The van der Waals surface area contributed by atoms with Gasteiger partial charge in [0.2, 0.25) is 5.91 Å². The summed E-state index contributed by atoms with van der Waals surface area (Å²) < 4.78 is 0. The average molecular weight is 311 g/mol. The summed E-state index contributed by atoms with van der Waals surface area (Å²) in [5, 5.41) is 0. The first-order valence-corrected chi connectivity index (χ1v) is 8.59. The predicted octanol–water partition coefficient (Wildman–Crippen LogP) is 3.56. The lowest BCUT2D eigenvalue weighted by atomic mass is 9.65. The van der Waals surface area contributed by atoms with Crippen LogP contribution in [-0.2, 0) is 17.6 Å². The van der Waals surface area contributed by atoms with Gasteiger partial charge in [0.1, 0.15) is 0 Å². The van der Waals surface area contributed by atoms with Crippen LogP contribution in [0.25, 0.3) is 0 Å². The first kappa shape index (κ1) is 16.0. The molecule has 0 unspecified atom stereocenters. The number of Topliss-reactive ketones (excluding diaryl/α,β-unsaturated/α-hetero) is 1. The third-order valence-corrected chi connectivity index (χ3v) is 5.50. The van der Waals surface area contributed by atoms with Crippen LogP contribution in [0.2, 0.25) is 0 Å². The Labute approximate surface area is 138 Å². The highest BCUT2D eigenvalue weighted by atomic mass is 16.2. The van der Waals surface area contributed by atoms with Gasteiger partial charge in [0, 0.05) is 18.7 Å². The average Bonchev–Trinajstić information content (AvgIpc) is 2.72. The van der Waals surface area contributed by atoms with E-state index in [1.54, 1.807) is 6.92 Å². The van der Waals surface area contributed by atoms with Crippen molar-refractivity contribution in [3.05, 3.63) is 47.5 Å². The van der Waals surface area contributed by atoms with Gasteiger partial charge >= 0.3 is 0 Å². The van der Waals surface area contributed by atoms with Crippen LogP contribution in [0.4, 0.5) is 0 Å². The van der Waals surface area contributed by atoms with E-state index in [0.717, 1.165) is 57.2 Å². The molecule has 1 aromatic carbocycles. The summed E-state index contributed by atoms with van der Waals surface area (Å²) in [5.41, 5.74) is 3.09. The third-order valence-electron chi connectivity index (χ3n) is 5.50. The van der Waals surface area contributed by atoms with E-state index in [0.29, 0.717) is 5.91 Å². The second kappa shape index (κ2) is 6.31. The van der Waals surface area contributed by atoms with Crippen LogP contribution in [0.5, 0.6) is 0 Å². The molecule has 23 heavy (non-hydrogen) atoms. The van der Waals surface area contributed by atoms with Crippen molar-refractivity contribution >= 4 is 11.7 Å². The zero-order valence-corrected chi connectivity index (χ0v) is 13.9. The molecule has 3 rings (SSSR count). The van der Waals surface area contributed by atoms with Crippen molar-refractivity contribution in [2.45, 2.75) is 45.4 Å². The number of carbonyl (C=O) groups excluding carboxylic acids is 2. The Morgan fingerprint density at radius 3 is 2.48 bits per heavy atom. The molecule has 0 bridgehead atoms. The zero-order chi connectivity index (χ0) is 16.4. The van der Waals surface area contributed by atoms with Gasteiger partial charge in [-0.25, -0.2) is 0 Å². The van der Waals surface area contributed by atoms with Crippen molar-refractivity contribution in [3.63, 3.8) is 0 Å². The maximum Gasteiger partial charge on any atom is 0.229 e. The van der Waals surface area contributed by atoms with Crippen LogP contribution in [0, 0.1) is 5.41 Å². The molecule has 1 heterocycles. The van der Waals surface area contributed by atoms with Crippen LogP contribution in [0.15, 0.2) is 30.9 Å². The molecule has 1 aliphatic carbocycles. The van der Waals surface area contributed by atoms with Crippen molar-refractivity contribution in [3.8, 4) is 0 Å². The number of allylic oxidation sites excluding steroid dienone is 1. The maximum atomic E-state index is 13.0. The first-order valence-electron chi connectivity index (χ1n) is 8.59. The fraction of sp³-hybridized carbons (Fsp3) is 0.500. The molecule has 0 N–H and O–H groups in total. The second-order valence-corrected chi connectivity index (χ2v) is 6.96. The lowest BCUT2D eigenvalue weighted by Gasteiger charge is -2.43. The van der Waals surface area contributed by atoms with E-state index in [1.165, 1.54) is 11.1 Å². The van der Waals surface area contributed by atoms with Gasteiger partial charge in [0.05, 0.1) is 5.41 Å². The summed E-state index contributed by atoms with van der Waals surface area (Å²) in [4.78, 5) is 26.6. The highest BCUT2D eigenvalue weighted by molar-refractivity contribution is 5.94. The monoisotopic (exact) mass is 311 g/mol. The summed E-state index contributed by atoms with van der Waals surface area (Å²) >= 11 is 0. The molecule has 0 aromatic heterocycles. The number of nitrogens with zero attached hydrogens (tertiary/aromatic N) is 1. The van der Waals surface area contributed by atoms with Crippen molar-refractivity contribution in [1.82, 2.24) is 4.90 Å². The van der Waals surface area contributed by atoms with Gasteiger partial charge in [-0.05, 0) is 56.2 Å². The molecule has 3 nitrogen and oxygen atoms in total. The molecule has 0 saturated heterocycles. The third kappa shape index (κ3) is 2.97. The molecule has 0 spiro atoms. The molecule has 3 heteroatoms. The maximum absolute atomic E-state index is 13.0. The fourth-order valence-electron chi connectivity index (χ4n) is 3.87. The Kier molecular flexibility index (Phi) is 4.38. The van der Waals surface area contributed by atoms with Crippen molar-refractivity contribution in [2.75, 3.05) is 13.1 Å². The summed E-state index contributed by atoms with van der Waals surface area (Å²) in [6.45, 7) is 6.97. The van der Waals surface area contributed by atoms with Crippen LogP contribution in [0.3, 0.4) is 0 Å². The number of benzene rings is 1. The largest absolute Gasteiger partial charge is 0.342 e. The van der Waals surface area contributed by atoms with Gasteiger partial charge in [-0.3, -0.25) is 9.59 Å². The summed E-state index contributed by atoms with van der Waals surface area (Å²) in [6.07, 6.45) is 7.55. The zero-order valence-electron chi connectivity index (χ0n) is 13.9. The van der Waals surface area contributed by atoms with E-state index in [-0.39, 0.29) is 11.2 Å². The first-order chi connectivity index (χ1) is 11.1. The minimum Gasteiger partial charge on any atom is -0.342 e. The highest BCUT2D eigenvalue weighted by Crippen LogP contribution is 2.46. The van der Waals surface area contributed by atoms with Gasteiger partial charge < -0.3 is 4.90 Å². The smallest absolute Gasteiger partial charge is 0.229 e. The molecule has 1 amide bonds. The second-order valence-electron chi connectivity index (χ2n) is 6.96. The van der Waals surface area contributed by atoms with Crippen LogP contribution >= 0.6 is 0 Å². The van der Waals surface area contributed by atoms with Crippen LogP contribution in [0.1, 0.15) is 54.1 Å². The van der Waals surface area contributed by atoms with Gasteiger partial charge in [-0.2, -0.15) is 0 Å². The van der Waals surface area contributed by atoms with E-state index in [2.05, 4.69) is 12.6 Å². The fourth-order valence-corrected chi connectivity index (χ4v) is 3.87. The normalized spacial score (nSPS) is 19.3. The molecular weight excluding hydrogens is 286 g/mol. The number of carbonyl (C=O) groups is 2. The predicted molar refractivity (Wildman–Crippen MR) is 91.5 cm³/mol. The van der Waals surface area contributed by atoms with E-state index in [1.807, 2.05) is 23.1 Å². The van der Waals surface area contributed by atoms with E-state index in [9.17, 15) is 9.59 Å². The molecule has 1 aliphatic heterocycles. The lowest BCUT2D eigenvalue weighted by molar-refractivity contribution is -0.147. The molecule has 1 saturated carbocycles.